The summed E-state index contributed by atoms with van der Waals surface area (Å²) in [6.45, 7) is 0.265. The first-order valence-corrected chi connectivity index (χ1v) is 5.23. The third kappa shape index (κ3) is 2.07. The Balaban J connectivity index is 2.33. The third-order valence-electron chi connectivity index (χ3n) is 2.46. The first kappa shape index (κ1) is 11.1. The minimum absolute atomic E-state index is 0.0891. The van der Waals surface area contributed by atoms with Crippen LogP contribution in [0.4, 0.5) is 10.1 Å². The number of hydrogen-bond donors (Lipinski definition) is 0. The average Bonchev–Trinajstić information content (AvgIpc) is 2.22. The van der Waals surface area contributed by atoms with Crippen LogP contribution in [0.1, 0.15) is 12.8 Å². The number of halogens is 2. The molecule has 1 aromatic rings. The molecule has 0 atom stereocenters. The van der Waals surface area contributed by atoms with E-state index in [2.05, 4.69) is 0 Å². The average molecular weight is 242 g/mol. The van der Waals surface area contributed by atoms with Gasteiger partial charge in [-0.25, -0.2) is 4.39 Å². The van der Waals surface area contributed by atoms with Crippen LogP contribution in [0.15, 0.2) is 18.2 Å². The summed E-state index contributed by atoms with van der Waals surface area (Å²) in [5, 5.41) is 0.309. The topological polar surface area (TPSA) is 37.4 Å². The molecule has 84 valence electrons. The van der Waals surface area contributed by atoms with Gasteiger partial charge in [0.2, 0.25) is 5.91 Å². The molecule has 0 aromatic heterocycles. The molecule has 0 saturated carbocycles. The molecule has 1 amide bonds. The van der Waals surface area contributed by atoms with E-state index in [1.165, 1.54) is 23.1 Å². The Morgan fingerprint density at radius 1 is 1.31 bits per heavy atom. The Bertz CT molecular complexity index is 461. The van der Waals surface area contributed by atoms with Crippen LogP contribution in [0.25, 0.3) is 0 Å². The fraction of sp³-hybridized carbons (Fsp3) is 0.273. The first-order chi connectivity index (χ1) is 7.58. The lowest BCUT2D eigenvalue weighted by Crippen LogP contribution is -2.39. The summed E-state index contributed by atoms with van der Waals surface area (Å²) in [5.74, 6) is -0.873. The molecule has 0 unspecified atom stereocenters. The molecule has 0 aliphatic carbocycles. The lowest BCUT2D eigenvalue weighted by molar-refractivity contribution is -0.128. The number of amides is 1. The van der Waals surface area contributed by atoms with Gasteiger partial charge in [0, 0.05) is 13.0 Å². The number of hydrogen-bond acceptors (Lipinski definition) is 2. The molecule has 0 radical (unpaired) electrons. The summed E-state index contributed by atoms with van der Waals surface area (Å²) in [4.78, 5) is 24.0. The molecule has 0 bridgehead atoms. The predicted octanol–water partition coefficient (Wildman–Crippen LogP) is 2.17. The fourth-order valence-corrected chi connectivity index (χ4v) is 1.88. The fourth-order valence-electron chi connectivity index (χ4n) is 1.66. The summed E-state index contributed by atoms with van der Waals surface area (Å²) in [6, 6.07) is 3.83. The summed E-state index contributed by atoms with van der Waals surface area (Å²) in [5.41, 5.74) is 0.333. The largest absolute Gasteiger partial charge is 0.310 e. The first-order valence-electron chi connectivity index (χ1n) is 4.85. The summed E-state index contributed by atoms with van der Waals surface area (Å²) in [6.07, 6.45) is 0.158. The van der Waals surface area contributed by atoms with Gasteiger partial charge in [0.15, 0.2) is 0 Å². The zero-order chi connectivity index (χ0) is 11.7. The normalized spacial score (nSPS) is 16.8. The highest BCUT2D eigenvalue weighted by Gasteiger charge is 2.26. The Kier molecular flexibility index (Phi) is 2.92. The number of carbonyl (C=O) groups excluding carboxylic acids is 2. The van der Waals surface area contributed by atoms with Gasteiger partial charge in [-0.3, -0.25) is 9.59 Å². The summed E-state index contributed by atoms with van der Waals surface area (Å²) < 4.78 is 13.0. The van der Waals surface area contributed by atoms with Crippen molar-refractivity contribution in [3.63, 3.8) is 0 Å². The van der Waals surface area contributed by atoms with Crippen LogP contribution in [0.3, 0.4) is 0 Å². The van der Waals surface area contributed by atoms with E-state index in [1.54, 1.807) is 0 Å². The van der Waals surface area contributed by atoms with Gasteiger partial charge in [0.25, 0.3) is 0 Å². The maximum absolute atomic E-state index is 13.0. The standard InChI is InChI=1S/C11H9ClFNO2/c12-9-2-1-7(13)5-10(9)14-4-3-8(15)6-11(14)16/h1-2,5H,3-4,6H2. The number of anilines is 1. The van der Waals surface area contributed by atoms with E-state index >= 15 is 0 Å². The number of ketones is 1. The van der Waals surface area contributed by atoms with Crippen LogP contribution in [-0.4, -0.2) is 18.2 Å². The molecule has 16 heavy (non-hydrogen) atoms. The van der Waals surface area contributed by atoms with Gasteiger partial charge < -0.3 is 4.90 Å². The van der Waals surface area contributed by atoms with Crippen molar-refractivity contribution in [2.45, 2.75) is 12.8 Å². The Hall–Kier alpha value is -1.42. The van der Waals surface area contributed by atoms with Crippen molar-refractivity contribution >= 4 is 29.0 Å². The van der Waals surface area contributed by atoms with Gasteiger partial charge in [-0.1, -0.05) is 11.6 Å². The van der Waals surface area contributed by atoms with E-state index in [0.717, 1.165) is 0 Å². The van der Waals surface area contributed by atoms with Gasteiger partial charge in [0.05, 0.1) is 17.1 Å². The van der Waals surface area contributed by atoms with Crippen LogP contribution < -0.4 is 4.90 Å². The summed E-state index contributed by atoms with van der Waals surface area (Å²) in [7, 11) is 0. The number of Topliss-reactive ketones (excluding diaryl/α,β-unsaturated/α-hetero) is 1. The molecule has 0 N–H and O–H groups in total. The van der Waals surface area contributed by atoms with E-state index in [9.17, 15) is 14.0 Å². The molecule has 0 spiro atoms. The maximum Gasteiger partial charge on any atom is 0.234 e. The molecule has 1 aliphatic rings. The minimum atomic E-state index is -0.455. The molecule has 1 aliphatic heterocycles. The van der Waals surface area contributed by atoms with Crippen molar-refractivity contribution in [2.75, 3.05) is 11.4 Å². The number of benzene rings is 1. The van der Waals surface area contributed by atoms with Gasteiger partial charge in [-0.15, -0.1) is 0 Å². The number of rotatable bonds is 1. The predicted molar refractivity (Wildman–Crippen MR) is 58.0 cm³/mol. The van der Waals surface area contributed by atoms with Crippen LogP contribution in [-0.2, 0) is 9.59 Å². The van der Waals surface area contributed by atoms with Crippen molar-refractivity contribution in [3.8, 4) is 0 Å². The van der Waals surface area contributed by atoms with Crippen molar-refractivity contribution in [2.24, 2.45) is 0 Å². The molecule has 3 nitrogen and oxygen atoms in total. The van der Waals surface area contributed by atoms with Crippen LogP contribution in [0.2, 0.25) is 5.02 Å². The van der Waals surface area contributed by atoms with Gasteiger partial charge >= 0.3 is 0 Å². The molecule has 1 heterocycles. The molecule has 1 fully saturated rings. The zero-order valence-corrected chi connectivity index (χ0v) is 9.13. The Labute approximate surface area is 96.8 Å². The zero-order valence-electron chi connectivity index (χ0n) is 8.37. The second-order valence-electron chi connectivity index (χ2n) is 3.61. The highest BCUT2D eigenvalue weighted by Crippen LogP contribution is 2.28. The quantitative estimate of drug-likeness (QED) is 0.707. The highest BCUT2D eigenvalue weighted by atomic mass is 35.5. The lowest BCUT2D eigenvalue weighted by Gasteiger charge is -2.26. The van der Waals surface area contributed by atoms with Crippen molar-refractivity contribution in [1.29, 1.82) is 0 Å². The van der Waals surface area contributed by atoms with Crippen molar-refractivity contribution < 1.29 is 14.0 Å². The minimum Gasteiger partial charge on any atom is -0.310 e. The van der Waals surface area contributed by atoms with E-state index in [1.807, 2.05) is 0 Å². The molecular weight excluding hydrogens is 233 g/mol. The molecule has 5 heteroatoms. The van der Waals surface area contributed by atoms with Crippen molar-refractivity contribution in [1.82, 2.24) is 0 Å². The van der Waals surface area contributed by atoms with E-state index in [4.69, 9.17) is 11.6 Å². The van der Waals surface area contributed by atoms with Gasteiger partial charge in [0.1, 0.15) is 11.6 Å². The molecule has 1 saturated heterocycles. The number of piperidine rings is 1. The third-order valence-corrected chi connectivity index (χ3v) is 2.78. The van der Waals surface area contributed by atoms with Gasteiger partial charge in [-0.2, -0.15) is 0 Å². The van der Waals surface area contributed by atoms with E-state index in [-0.39, 0.29) is 24.7 Å². The molecule has 1 aromatic carbocycles. The molecule has 2 rings (SSSR count). The van der Waals surface area contributed by atoms with Crippen LogP contribution >= 0.6 is 11.6 Å². The van der Waals surface area contributed by atoms with E-state index < -0.39 is 5.82 Å². The van der Waals surface area contributed by atoms with Crippen molar-refractivity contribution in [3.05, 3.63) is 29.0 Å². The second kappa shape index (κ2) is 4.22. The maximum atomic E-state index is 13.0. The lowest BCUT2D eigenvalue weighted by atomic mass is 10.1. The van der Waals surface area contributed by atoms with Gasteiger partial charge in [-0.05, 0) is 18.2 Å². The Morgan fingerprint density at radius 2 is 2.06 bits per heavy atom. The summed E-state index contributed by atoms with van der Waals surface area (Å²) >= 11 is 5.89. The SMILES string of the molecule is O=C1CCN(c2cc(F)ccc2Cl)C(=O)C1. The molecular formula is C11H9ClFNO2. The monoisotopic (exact) mass is 241 g/mol. The van der Waals surface area contributed by atoms with E-state index in [0.29, 0.717) is 17.1 Å². The smallest absolute Gasteiger partial charge is 0.234 e. The second-order valence-corrected chi connectivity index (χ2v) is 4.01. The number of nitrogens with zero attached hydrogens (tertiary/aromatic N) is 1. The van der Waals surface area contributed by atoms with Crippen LogP contribution in [0, 0.1) is 5.82 Å². The Morgan fingerprint density at radius 3 is 2.75 bits per heavy atom. The van der Waals surface area contributed by atoms with Crippen LogP contribution in [0.5, 0.6) is 0 Å². The highest BCUT2D eigenvalue weighted by molar-refractivity contribution is 6.34. The number of carbonyl (C=O) groups is 2.